The molecule has 4 nitrogen and oxygen atoms in total. The van der Waals surface area contributed by atoms with Gasteiger partial charge in [0.1, 0.15) is 0 Å². The zero-order valence-electron chi connectivity index (χ0n) is 16.3. The lowest BCUT2D eigenvalue weighted by molar-refractivity contribution is 0.730. The average Bonchev–Trinajstić information content (AvgIpc) is 3.13. The molecule has 3 aromatic rings. The molecular formula is C22H27IN4S. The fraction of sp³-hybridized carbons (Fsp3) is 0.273. The standard InChI is InChI=1S/C22H26N4S.HI/c1-3-23-22(25-15-20-14-24-17(2)27-20)26-16-21(18-10-6-4-7-11-18)19-12-8-5-9-13-19;/h4-14,21H,3,15-16H2,1-2H3,(H2,23,25,26);1H. The minimum absolute atomic E-state index is 0. The number of nitrogens with one attached hydrogen (secondary N) is 2. The smallest absolute Gasteiger partial charge is 0.191 e. The minimum atomic E-state index is 0. The molecule has 0 amide bonds. The third-order valence-electron chi connectivity index (χ3n) is 4.28. The summed E-state index contributed by atoms with van der Waals surface area (Å²) < 4.78 is 0. The van der Waals surface area contributed by atoms with Crippen molar-refractivity contribution in [3.63, 3.8) is 0 Å². The van der Waals surface area contributed by atoms with E-state index in [0.717, 1.165) is 24.1 Å². The number of hydrogen-bond acceptors (Lipinski definition) is 3. The lowest BCUT2D eigenvalue weighted by atomic mass is 9.91. The van der Waals surface area contributed by atoms with Gasteiger partial charge in [-0.15, -0.1) is 35.3 Å². The van der Waals surface area contributed by atoms with Gasteiger partial charge in [0.25, 0.3) is 0 Å². The highest BCUT2D eigenvalue weighted by atomic mass is 127. The maximum Gasteiger partial charge on any atom is 0.191 e. The SMILES string of the molecule is CCNC(=NCc1cnc(C)s1)NCC(c1ccccc1)c1ccccc1.I. The Balaban J connectivity index is 0.00000280. The van der Waals surface area contributed by atoms with E-state index in [1.807, 2.05) is 13.1 Å². The molecule has 0 spiro atoms. The number of thiazole rings is 1. The first-order valence-electron chi connectivity index (χ1n) is 9.29. The molecule has 1 aromatic heterocycles. The fourth-order valence-corrected chi connectivity index (χ4v) is 3.69. The Hall–Kier alpha value is -1.93. The van der Waals surface area contributed by atoms with Crippen LogP contribution >= 0.6 is 35.3 Å². The molecule has 2 aromatic carbocycles. The molecule has 0 saturated heterocycles. The Bertz CT molecular complexity index is 810. The van der Waals surface area contributed by atoms with Crippen molar-refractivity contribution in [1.29, 1.82) is 0 Å². The highest BCUT2D eigenvalue weighted by molar-refractivity contribution is 14.0. The largest absolute Gasteiger partial charge is 0.357 e. The van der Waals surface area contributed by atoms with Crippen LogP contribution in [-0.2, 0) is 6.54 Å². The maximum absolute atomic E-state index is 4.72. The van der Waals surface area contributed by atoms with Gasteiger partial charge in [-0.2, -0.15) is 0 Å². The Morgan fingerprint density at radius 1 is 1.00 bits per heavy atom. The molecule has 3 rings (SSSR count). The van der Waals surface area contributed by atoms with Crippen LogP contribution in [0.1, 0.15) is 33.9 Å². The number of aryl methyl sites for hydroxylation is 1. The molecule has 1 heterocycles. The molecule has 0 aliphatic heterocycles. The average molecular weight is 506 g/mol. The number of hydrogen-bond donors (Lipinski definition) is 2. The second-order valence-corrected chi connectivity index (χ2v) is 7.61. The number of nitrogens with zero attached hydrogens (tertiary/aromatic N) is 2. The van der Waals surface area contributed by atoms with Crippen molar-refractivity contribution in [3.8, 4) is 0 Å². The zero-order valence-corrected chi connectivity index (χ0v) is 19.4. The number of aromatic nitrogens is 1. The van der Waals surface area contributed by atoms with Gasteiger partial charge in [0.05, 0.1) is 11.6 Å². The van der Waals surface area contributed by atoms with Crippen LogP contribution in [0.2, 0.25) is 0 Å². The molecule has 0 saturated carbocycles. The van der Waals surface area contributed by atoms with Crippen molar-refractivity contribution in [2.75, 3.05) is 13.1 Å². The second-order valence-electron chi connectivity index (χ2n) is 6.30. The third kappa shape index (κ3) is 6.60. The summed E-state index contributed by atoms with van der Waals surface area (Å²) in [4.78, 5) is 10.2. The highest BCUT2D eigenvalue weighted by Gasteiger charge is 2.14. The molecule has 0 bridgehead atoms. The second kappa shape index (κ2) is 11.8. The normalized spacial score (nSPS) is 11.2. The predicted octanol–water partition coefficient (Wildman–Crippen LogP) is 4.96. The van der Waals surface area contributed by atoms with Crippen molar-refractivity contribution in [2.45, 2.75) is 26.3 Å². The molecule has 0 atom stereocenters. The van der Waals surface area contributed by atoms with Crippen molar-refractivity contribution in [3.05, 3.63) is 87.9 Å². The topological polar surface area (TPSA) is 49.3 Å². The van der Waals surface area contributed by atoms with E-state index in [0.29, 0.717) is 6.54 Å². The van der Waals surface area contributed by atoms with Crippen LogP contribution in [0.5, 0.6) is 0 Å². The van der Waals surface area contributed by atoms with E-state index in [-0.39, 0.29) is 29.9 Å². The minimum Gasteiger partial charge on any atom is -0.357 e. The van der Waals surface area contributed by atoms with Crippen LogP contribution < -0.4 is 10.6 Å². The summed E-state index contributed by atoms with van der Waals surface area (Å²) >= 11 is 1.69. The number of benzene rings is 2. The molecule has 0 unspecified atom stereocenters. The Labute approximate surface area is 188 Å². The van der Waals surface area contributed by atoms with Crippen LogP contribution in [0.15, 0.2) is 71.9 Å². The lowest BCUT2D eigenvalue weighted by Gasteiger charge is -2.20. The first-order chi connectivity index (χ1) is 13.3. The van der Waals surface area contributed by atoms with E-state index in [9.17, 15) is 0 Å². The fourth-order valence-electron chi connectivity index (χ4n) is 2.97. The van der Waals surface area contributed by atoms with Crippen LogP contribution in [0.3, 0.4) is 0 Å². The van der Waals surface area contributed by atoms with Crippen LogP contribution in [0, 0.1) is 6.92 Å². The van der Waals surface area contributed by atoms with Crippen molar-refractivity contribution in [1.82, 2.24) is 15.6 Å². The van der Waals surface area contributed by atoms with Gasteiger partial charge >= 0.3 is 0 Å². The van der Waals surface area contributed by atoms with E-state index in [2.05, 4.69) is 83.2 Å². The Morgan fingerprint density at radius 3 is 2.11 bits per heavy atom. The Kier molecular flexibility index (Phi) is 9.43. The quantitative estimate of drug-likeness (QED) is 0.271. The summed E-state index contributed by atoms with van der Waals surface area (Å²) in [5.41, 5.74) is 2.59. The van der Waals surface area contributed by atoms with Gasteiger partial charge in [-0.05, 0) is 25.0 Å². The van der Waals surface area contributed by atoms with E-state index < -0.39 is 0 Å². The van der Waals surface area contributed by atoms with Crippen LogP contribution in [0.4, 0.5) is 0 Å². The van der Waals surface area contributed by atoms with Gasteiger partial charge in [-0.25, -0.2) is 9.98 Å². The van der Waals surface area contributed by atoms with Crippen LogP contribution in [-0.4, -0.2) is 24.0 Å². The molecular weight excluding hydrogens is 479 g/mol. The Morgan fingerprint density at radius 2 is 1.61 bits per heavy atom. The first kappa shape index (κ1) is 22.4. The van der Waals surface area contributed by atoms with Gasteiger partial charge < -0.3 is 10.6 Å². The third-order valence-corrected chi connectivity index (χ3v) is 5.18. The van der Waals surface area contributed by atoms with Gasteiger partial charge in [0, 0.05) is 30.1 Å². The van der Waals surface area contributed by atoms with Gasteiger partial charge in [0.15, 0.2) is 5.96 Å². The molecule has 0 radical (unpaired) electrons. The molecule has 0 aliphatic carbocycles. The van der Waals surface area contributed by atoms with E-state index in [1.165, 1.54) is 16.0 Å². The van der Waals surface area contributed by atoms with Gasteiger partial charge in [0.2, 0.25) is 0 Å². The predicted molar refractivity (Wildman–Crippen MR) is 130 cm³/mol. The summed E-state index contributed by atoms with van der Waals surface area (Å²) in [6, 6.07) is 21.2. The van der Waals surface area contributed by atoms with Gasteiger partial charge in [-0.3, -0.25) is 0 Å². The first-order valence-corrected chi connectivity index (χ1v) is 10.1. The number of aliphatic imine (C=N–C) groups is 1. The molecule has 28 heavy (non-hydrogen) atoms. The summed E-state index contributed by atoms with van der Waals surface area (Å²) in [7, 11) is 0. The lowest BCUT2D eigenvalue weighted by Crippen LogP contribution is -2.39. The highest BCUT2D eigenvalue weighted by Crippen LogP contribution is 2.23. The van der Waals surface area contributed by atoms with E-state index in [4.69, 9.17) is 4.99 Å². The summed E-state index contributed by atoms with van der Waals surface area (Å²) in [5.74, 6) is 1.10. The maximum atomic E-state index is 4.72. The summed E-state index contributed by atoms with van der Waals surface area (Å²) in [5, 5.41) is 7.93. The van der Waals surface area contributed by atoms with Crippen molar-refractivity contribution in [2.24, 2.45) is 4.99 Å². The van der Waals surface area contributed by atoms with Crippen LogP contribution in [0.25, 0.3) is 0 Å². The van der Waals surface area contributed by atoms with E-state index in [1.54, 1.807) is 11.3 Å². The molecule has 6 heteroatoms. The number of halogens is 1. The summed E-state index contributed by atoms with van der Waals surface area (Å²) in [6.45, 7) is 6.35. The number of rotatable bonds is 7. The molecule has 148 valence electrons. The van der Waals surface area contributed by atoms with Gasteiger partial charge in [-0.1, -0.05) is 60.7 Å². The monoisotopic (exact) mass is 506 g/mol. The zero-order chi connectivity index (χ0) is 18.9. The molecule has 2 N–H and O–H groups in total. The summed E-state index contributed by atoms with van der Waals surface area (Å²) in [6.07, 6.45) is 1.91. The molecule has 0 aliphatic rings. The number of guanidine groups is 1. The van der Waals surface area contributed by atoms with E-state index >= 15 is 0 Å². The molecule has 0 fully saturated rings. The van der Waals surface area contributed by atoms with Crippen molar-refractivity contribution < 1.29 is 0 Å². The van der Waals surface area contributed by atoms with Crippen molar-refractivity contribution >= 4 is 41.3 Å².